The van der Waals surface area contributed by atoms with Gasteiger partial charge in [-0.2, -0.15) is 4.73 Å². The van der Waals surface area contributed by atoms with E-state index in [2.05, 4.69) is 10.3 Å². The molecule has 1 aromatic heterocycles. The summed E-state index contributed by atoms with van der Waals surface area (Å²) in [5.41, 5.74) is 2.69. The summed E-state index contributed by atoms with van der Waals surface area (Å²) in [4.78, 5) is 32.7. The predicted molar refractivity (Wildman–Crippen MR) is 97.4 cm³/mol. The molecule has 1 heterocycles. The van der Waals surface area contributed by atoms with Crippen LogP contribution in [0.15, 0.2) is 48.5 Å². The van der Waals surface area contributed by atoms with Gasteiger partial charge in [0.15, 0.2) is 12.4 Å². The second-order valence-corrected chi connectivity index (χ2v) is 4.91. The highest BCUT2D eigenvalue weighted by atomic mass is 16.7. The van der Waals surface area contributed by atoms with Gasteiger partial charge in [-0.15, -0.1) is 0 Å². The molecule has 2 aromatic carbocycles. The highest BCUT2D eigenvalue weighted by Gasteiger charge is 2.15. The third-order valence-electron chi connectivity index (χ3n) is 3.41. The maximum Gasteiger partial charge on any atom is 0.260 e. The maximum atomic E-state index is 11.5. The fraction of sp³-hybridized carbons (Fsp3) is 0.211. The van der Waals surface area contributed by atoms with Gasteiger partial charge in [-0.1, -0.05) is 44.2 Å². The standard InChI is InChI=1S/C17H15N3O3.C2H6/c1-18-16(22)11-23-20-15-9-12(10-21)7-8-14(15)19-17(20)13-5-3-2-4-6-13;1-2/h2-10H,11H2,1H3,(H,18,22);1-2H3. The number of hydrogen-bond acceptors (Lipinski definition) is 4. The number of carbonyl (C=O) groups excluding carboxylic acids is 2. The summed E-state index contributed by atoms with van der Waals surface area (Å²) in [5.74, 6) is 0.324. The lowest BCUT2D eigenvalue weighted by Gasteiger charge is -2.10. The van der Waals surface area contributed by atoms with Crippen molar-refractivity contribution in [1.29, 1.82) is 0 Å². The van der Waals surface area contributed by atoms with Crippen LogP contribution in [0.5, 0.6) is 0 Å². The zero-order valence-electron chi connectivity index (χ0n) is 14.5. The van der Waals surface area contributed by atoms with E-state index in [1.807, 2.05) is 44.2 Å². The van der Waals surface area contributed by atoms with E-state index in [1.165, 1.54) is 4.73 Å². The van der Waals surface area contributed by atoms with E-state index in [4.69, 9.17) is 4.84 Å². The first kappa shape index (κ1) is 18.2. The van der Waals surface area contributed by atoms with Crippen LogP contribution in [0.2, 0.25) is 0 Å². The summed E-state index contributed by atoms with van der Waals surface area (Å²) in [5, 5.41) is 2.50. The molecule has 0 aliphatic rings. The smallest absolute Gasteiger partial charge is 0.260 e. The minimum atomic E-state index is -0.252. The van der Waals surface area contributed by atoms with Crippen molar-refractivity contribution in [2.24, 2.45) is 0 Å². The molecule has 0 spiro atoms. The van der Waals surface area contributed by atoms with Crippen molar-refractivity contribution in [1.82, 2.24) is 15.0 Å². The minimum absolute atomic E-state index is 0.146. The first-order chi connectivity index (χ1) is 12.2. The van der Waals surface area contributed by atoms with Gasteiger partial charge >= 0.3 is 0 Å². The molecule has 6 nitrogen and oxygen atoms in total. The Kier molecular flexibility index (Phi) is 6.28. The molecule has 0 unspecified atom stereocenters. The minimum Gasteiger partial charge on any atom is -0.402 e. The van der Waals surface area contributed by atoms with Crippen molar-refractivity contribution in [3.63, 3.8) is 0 Å². The normalized spacial score (nSPS) is 9.88. The fourth-order valence-electron chi connectivity index (χ4n) is 2.24. The predicted octanol–water partition coefficient (Wildman–Crippen LogP) is 2.72. The van der Waals surface area contributed by atoms with Crippen LogP contribution in [0.3, 0.4) is 0 Å². The van der Waals surface area contributed by atoms with Gasteiger partial charge in [-0.3, -0.25) is 9.59 Å². The Balaban J connectivity index is 0.00000109. The summed E-state index contributed by atoms with van der Waals surface area (Å²) in [7, 11) is 1.54. The number of hydrogen-bond donors (Lipinski definition) is 1. The zero-order chi connectivity index (χ0) is 18.2. The molecule has 130 valence electrons. The lowest BCUT2D eigenvalue weighted by Crippen LogP contribution is -2.29. The Bertz CT molecular complexity index is 857. The Hall–Kier alpha value is -3.15. The van der Waals surface area contributed by atoms with E-state index < -0.39 is 0 Å². The van der Waals surface area contributed by atoms with E-state index in [9.17, 15) is 9.59 Å². The van der Waals surface area contributed by atoms with E-state index in [0.717, 1.165) is 11.8 Å². The van der Waals surface area contributed by atoms with Crippen LogP contribution in [0.1, 0.15) is 24.2 Å². The molecule has 0 fully saturated rings. The van der Waals surface area contributed by atoms with Crippen molar-refractivity contribution in [2.75, 3.05) is 13.7 Å². The topological polar surface area (TPSA) is 73.2 Å². The molecule has 0 saturated carbocycles. The number of carbonyl (C=O) groups is 2. The van der Waals surface area contributed by atoms with Crippen molar-refractivity contribution in [3.05, 3.63) is 54.1 Å². The summed E-state index contributed by atoms with van der Waals surface area (Å²) in [6, 6.07) is 14.6. The van der Waals surface area contributed by atoms with Crippen LogP contribution >= 0.6 is 0 Å². The van der Waals surface area contributed by atoms with Gasteiger partial charge in [0.2, 0.25) is 0 Å². The maximum absolute atomic E-state index is 11.5. The van der Waals surface area contributed by atoms with E-state index in [-0.39, 0.29) is 12.5 Å². The average molecular weight is 339 g/mol. The van der Waals surface area contributed by atoms with Crippen LogP contribution in [-0.2, 0) is 4.79 Å². The molecule has 0 aliphatic heterocycles. The van der Waals surface area contributed by atoms with Crippen molar-refractivity contribution in [2.45, 2.75) is 13.8 Å². The number of fused-ring (bicyclic) bond motifs is 1. The molecule has 6 heteroatoms. The third-order valence-corrected chi connectivity index (χ3v) is 3.41. The molecular weight excluding hydrogens is 318 g/mol. The molecule has 0 bridgehead atoms. The summed E-state index contributed by atoms with van der Waals surface area (Å²) < 4.78 is 1.49. The summed E-state index contributed by atoms with van der Waals surface area (Å²) in [6.45, 7) is 3.85. The molecule has 25 heavy (non-hydrogen) atoms. The lowest BCUT2D eigenvalue weighted by atomic mass is 10.2. The van der Waals surface area contributed by atoms with Crippen LogP contribution in [0.4, 0.5) is 0 Å². The van der Waals surface area contributed by atoms with E-state index >= 15 is 0 Å². The molecule has 1 N–H and O–H groups in total. The van der Waals surface area contributed by atoms with Crippen LogP contribution < -0.4 is 10.2 Å². The number of nitrogens with one attached hydrogen (secondary N) is 1. The average Bonchev–Trinajstić information content (AvgIpc) is 3.05. The lowest BCUT2D eigenvalue weighted by molar-refractivity contribution is -0.125. The van der Waals surface area contributed by atoms with Crippen molar-refractivity contribution < 1.29 is 14.4 Å². The van der Waals surface area contributed by atoms with Gasteiger partial charge in [-0.05, 0) is 18.2 Å². The molecule has 0 aliphatic carbocycles. The largest absolute Gasteiger partial charge is 0.402 e. The highest BCUT2D eigenvalue weighted by Crippen LogP contribution is 2.24. The third kappa shape index (κ3) is 4.03. The van der Waals surface area contributed by atoms with Crippen LogP contribution in [0, 0.1) is 0 Å². The summed E-state index contributed by atoms with van der Waals surface area (Å²) in [6.07, 6.45) is 0.762. The molecule has 0 radical (unpaired) electrons. The fourth-order valence-corrected chi connectivity index (χ4v) is 2.24. The molecular formula is C19H21N3O3. The van der Waals surface area contributed by atoms with Gasteiger partial charge in [0.25, 0.3) is 5.91 Å². The number of imidazole rings is 1. The van der Waals surface area contributed by atoms with E-state index in [1.54, 1.807) is 25.2 Å². The Labute approximate surface area is 146 Å². The second-order valence-electron chi connectivity index (χ2n) is 4.91. The number of aromatic nitrogens is 2. The monoisotopic (exact) mass is 339 g/mol. The Morgan fingerprint density at radius 2 is 1.92 bits per heavy atom. The number of benzene rings is 2. The highest BCUT2D eigenvalue weighted by molar-refractivity contribution is 5.87. The van der Waals surface area contributed by atoms with Crippen LogP contribution in [-0.4, -0.2) is 35.6 Å². The molecule has 3 aromatic rings. The molecule has 3 rings (SSSR count). The Morgan fingerprint density at radius 1 is 1.20 bits per heavy atom. The Morgan fingerprint density at radius 3 is 2.56 bits per heavy atom. The van der Waals surface area contributed by atoms with E-state index in [0.29, 0.717) is 22.4 Å². The first-order valence-electron chi connectivity index (χ1n) is 8.10. The van der Waals surface area contributed by atoms with Gasteiger partial charge in [0, 0.05) is 18.2 Å². The second kappa shape index (κ2) is 8.63. The number of aldehydes is 1. The number of likely N-dealkylation sites (N-methyl/N-ethyl adjacent to an activating group) is 1. The number of nitrogens with zero attached hydrogens (tertiary/aromatic N) is 2. The SMILES string of the molecule is CC.CNC(=O)COn1c(-c2ccccc2)nc2ccc(C=O)cc21. The number of rotatable bonds is 5. The van der Waals surface area contributed by atoms with Crippen molar-refractivity contribution >= 4 is 23.2 Å². The number of amides is 1. The first-order valence-corrected chi connectivity index (χ1v) is 8.10. The van der Waals surface area contributed by atoms with Gasteiger partial charge in [0.05, 0.1) is 5.52 Å². The molecule has 1 amide bonds. The van der Waals surface area contributed by atoms with Crippen LogP contribution in [0.25, 0.3) is 22.4 Å². The van der Waals surface area contributed by atoms with Crippen molar-refractivity contribution in [3.8, 4) is 11.4 Å². The van der Waals surface area contributed by atoms with Gasteiger partial charge < -0.3 is 10.2 Å². The summed E-state index contributed by atoms with van der Waals surface area (Å²) >= 11 is 0. The molecule has 0 saturated heterocycles. The molecule has 0 atom stereocenters. The zero-order valence-corrected chi connectivity index (χ0v) is 14.5. The van der Waals surface area contributed by atoms with Gasteiger partial charge in [-0.25, -0.2) is 4.98 Å². The van der Waals surface area contributed by atoms with Gasteiger partial charge in [0.1, 0.15) is 11.8 Å². The quantitative estimate of drug-likeness (QED) is 0.726.